The molecule has 0 saturated heterocycles. The summed E-state index contributed by atoms with van der Waals surface area (Å²) in [6.07, 6.45) is 1.72. The molecule has 6 heteroatoms. The van der Waals surface area contributed by atoms with Gasteiger partial charge < -0.3 is 5.32 Å². The van der Waals surface area contributed by atoms with Crippen LogP contribution >= 0.6 is 27.3 Å². The maximum Gasteiger partial charge on any atom is 0.227 e. The molecule has 0 atom stereocenters. The van der Waals surface area contributed by atoms with Crippen molar-refractivity contribution in [2.24, 2.45) is 0 Å². The topological polar surface area (TPSA) is 61.6 Å². The van der Waals surface area contributed by atoms with Crippen LogP contribution in [0, 0.1) is 11.3 Å². The number of benzene rings is 1. The van der Waals surface area contributed by atoms with Gasteiger partial charge in [0.15, 0.2) is 0 Å². The molecule has 0 bridgehead atoms. The van der Waals surface area contributed by atoms with Crippen LogP contribution in [0.15, 0.2) is 52.4 Å². The summed E-state index contributed by atoms with van der Waals surface area (Å²) in [6, 6.07) is 15.1. The molecule has 21 heavy (non-hydrogen) atoms. The van der Waals surface area contributed by atoms with Gasteiger partial charge in [0.25, 0.3) is 0 Å². The standard InChI is InChI=1S/C15H9BrN4S/c16-14-6-5-13(21-14)12-7-8-18-15(20-12)19-11-3-1-10(9-17)2-4-11/h1-8H,(H,18,19,20). The van der Waals surface area contributed by atoms with E-state index in [1.165, 1.54) is 0 Å². The monoisotopic (exact) mass is 356 g/mol. The van der Waals surface area contributed by atoms with Gasteiger partial charge >= 0.3 is 0 Å². The molecule has 102 valence electrons. The second kappa shape index (κ2) is 6.04. The van der Waals surface area contributed by atoms with Crippen molar-refractivity contribution < 1.29 is 0 Å². The van der Waals surface area contributed by atoms with Crippen LogP contribution in [-0.4, -0.2) is 9.97 Å². The minimum atomic E-state index is 0.529. The summed E-state index contributed by atoms with van der Waals surface area (Å²) in [5.74, 6) is 0.529. The Hall–Kier alpha value is -2.23. The minimum absolute atomic E-state index is 0.529. The first-order chi connectivity index (χ1) is 10.2. The fourth-order valence-electron chi connectivity index (χ4n) is 1.77. The van der Waals surface area contributed by atoms with Crippen LogP contribution in [0.3, 0.4) is 0 Å². The molecule has 0 aliphatic carbocycles. The van der Waals surface area contributed by atoms with Crippen molar-refractivity contribution in [1.82, 2.24) is 9.97 Å². The molecule has 0 unspecified atom stereocenters. The summed E-state index contributed by atoms with van der Waals surface area (Å²) >= 11 is 5.07. The number of hydrogen-bond acceptors (Lipinski definition) is 5. The second-order valence-corrected chi connectivity index (χ2v) is 6.65. The van der Waals surface area contributed by atoms with E-state index in [4.69, 9.17) is 5.26 Å². The van der Waals surface area contributed by atoms with Gasteiger partial charge in [-0.2, -0.15) is 5.26 Å². The van der Waals surface area contributed by atoms with Crippen LogP contribution < -0.4 is 5.32 Å². The van der Waals surface area contributed by atoms with Crippen LogP contribution in [0.1, 0.15) is 5.56 Å². The third-order valence-electron chi connectivity index (χ3n) is 2.75. The first-order valence-electron chi connectivity index (χ1n) is 6.10. The van der Waals surface area contributed by atoms with E-state index in [0.717, 1.165) is 20.0 Å². The number of halogens is 1. The minimum Gasteiger partial charge on any atom is -0.324 e. The fraction of sp³-hybridized carbons (Fsp3) is 0. The van der Waals surface area contributed by atoms with Gasteiger partial charge in [0.05, 0.1) is 26.0 Å². The highest BCUT2D eigenvalue weighted by molar-refractivity contribution is 9.11. The molecule has 3 aromatic rings. The highest BCUT2D eigenvalue weighted by Gasteiger charge is 2.05. The summed E-state index contributed by atoms with van der Waals surface area (Å²) in [5, 5.41) is 11.9. The van der Waals surface area contributed by atoms with Crippen LogP contribution in [0.5, 0.6) is 0 Å². The van der Waals surface area contributed by atoms with Gasteiger partial charge in [0.2, 0.25) is 5.95 Å². The molecule has 2 heterocycles. The summed E-state index contributed by atoms with van der Waals surface area (Å²) < 4.78 is 1.07. The molecule has 0 radical (unpaired) electrons. The smallest absolute Gasteiger partial charge is 0.227 e. The lowest BCUT2D eigenvalue weighted by Crippen LogP contribution is -1.97. The zero-order valence-electron chi connectivity index (χ0n) is 10.7. The number of hydrogen-bond donors (Lipinski definition) is 1. The molecular formula is C15H9BrN4S. The first kappa shape index (κ1) is 13.7. The van der Waals surface area contributed by atoms with E-state index >= 15 is 0 Å². The van der Waals surface area contributed by atoms with Gasteiger partial charge in [-0.1, -0.05) is 0 Å². The zero-order valence-corrected chi connectivity index (χ0v) is 13.1. The first-order valence-corrected chi connectivity index (χ1v) is 7.71. The lowest BCUT2D eigenvalue weighted by atomic mass is 10.2. The molecule has 0 amide bonds. The molecule has 0 fully saturated rings. The maximum atomic E-state index is 8.78. The Bertz CT molecular complexity index is 805. The van der Waals surface area contributed by atoms with Gasteiger partial charge in [0.1, 0.15) is 0 Å². The van der Waals surface area contributed by atoms with E-state index < -0.39 is 0 Å². The van der Waals surface area contributed by atoms with Crippen LogP contribution in [0.4, 0.5) is 11.6 Å². The Morgan fingerprint density at radius 1 is 1.10 bits per heavy atom. The van der Waals surface area contributed by atoms with Gasteiger partial charge in [0, 0.05) is 11.9 Å². The van der Waals surface area contributed by atoms with E-state index in [-0.39, 0.29) is 0 Å². The molecule has 0 aliphatic heterocycles. The summed E-state index contributed by atoms with van der Waals surface area (Å²) in [5.41, 5.74) is 2.34. The molecule has 0 spiro atoms. The van der Waals surface area contributed by atoms with Crippen molar-refractivity contribution >= 4 is 38.9 Å². The van der Waals surface area contributed by atoms with Crippen molar-refractivity contribution in [3.05, 3.63) is 58.0 Å². The van der Waals surface area contributed by atoms with Crippen LogP contribution in [0.25, 0.3) is 10.6 Å². The quantitative estimate of drug-likeness (QED) is 0.745. The zero-order chi connectivity index (χ0) is 14.7. The predicted octanol–water partition coefficient (Wildman–Crippen LogP) is 4.58. The van der Waals surface area contributed by atoms with Crippen molar-refractivity contribution in [2.45, 2.75) is 0 Å². The number of aromatic nitrogens is 2. The van der Waals surface area contributed by atoms with Crippen molar-refractivity contribution in [3.63, 3.8) is 0 Å². The largest absolute Gasteiger partial charge is 0.324 e. The lowest BCUT2D eigenvalue weighted by Gasteiger charge is -2.05. The fourth-order valence-corrected chi connectivity index (χ4v) is 3.12. The van der Waals surface area contributed by atoms with Gasteiger partial charge in [-0.25, -0.2) is 9.97 Å². The highest BCUT2D eigenvalue weighted by atomic mass is 79.9. The van der Waals surface area contributed by atoms with E-state index in [1.54, 1.807) is 29.7 Å². The molecular weight excluding hydrogens is 348 g/mol. The third kappa shape index (κ3) is 3.27. The predicted molar refractivity (Wildman–Crippen MR) is 87.5 cm³/mol. The van der Waals surface area contributed by atoms with Gasteiger partial charge in [-0.15, -0.1) is 11.3 Å². The molecule has 0 aliphatic rings. The average molecular weight is 357 g/mol. The van der Waals surface area contributed by atoms with Crippen molar-refractivity contribution in [1.29, 1.82) is 5.26 Å². The Morgan fingerprint density at radius 2 is 1.90 bits per heavy atom. The number of nitriles is 1. The molecule has 2 aromatic heterocycles. The summed E-state index contributed by atoms with van der Waals surface area (Å²) in [4.78, 5) is 9.79. The Kier molecular flexibility index (Phi) is 3.95. The third-order valence-corrected chi connectivity index (χ3v) is 4.40. The Balaban J connectivity index is 1.84. The summed E-state index contributed by atoms with van der Waals surface area (Å²) in [7, 11) is 0. The maximum absolute atomic E-state index is 8.78. The van der Waals surface area contributed by atoms with E-state index in [9.17, 15) is 0 Å². The average Bonchev–Trinajstić information content (AvgIpc) is 2.95. The van der Waals surface area contributed by atoms with E-state index in [1.807, 2.05) is 30.3 Å². The number of rotatable bonds is 3. The van der Waals surface area contributed by atoms with Crippen molar-refractivity contribution in [2.75, 3.05) is 5.32 Å². The molecule has 1 N–H and O–H groups in total. The summed E-state index contributed by atoms with van der Waals surface area (Å²) in [6.45, 7) is 0. The normalized spacial score (nSPS) is 10.1. The molecule has 4 nitrogen and oxygen atoms in total. The molecule has 1 aromatic carbocycles. The number of anilines is 2. The van der Waals surface area contributed by atoms with Crippen molar-refractivity contribution in [3.8, 4) is 16.6 Å². The van der Waals surface area contributed by atoms with Gasteiger partial charge in [-0.05, 0) is 58.4 Å². The van der Waals surface area contributed by atoms with E-state index in [2.05, 4.69) is 37.3 Å². The van der Waals surface area contributed by atoms with Crippen LogP contribution in [0.2, 0.25) is 0 Å². The number of thiophene rings is 1. The number of nitrogens with one attached hydrogen (secondary N) is 1. The molecule has 0 saturated carbocycles. The van der Waals surface area contributed by atoms with Crippen LogP contribution in [-0.2, 0) is 0 Å². The molecule has 3 rings (SSSR count). The SMILES string of the molecule is N#Cc1ccc(Nc2nccc(-c3ccc(Br)s3)n2)cc1. The second-order valence-electron chi connectivity index (χ2n) is 4.18. The van der Waals surface area contributed by atoms with Gasteiger partial charge in [-0.3, -0.25) is 0 Å². The van der Waals surface area contributed by atoms with E-state index in [0.29, 0.717) is 11.5 Å². The Morgan fingerprint density at radius 3 is 2.57 bits per heavy atom. The highest BCUT2D eigenvalue weighted by Crippen LogP contribution is 2.30. The number of nitrogens with zero attached hydrogens (tertiary/aromatic N) is 3. The Labute approximate surface area is 134 Å². The lowest BCUT2D eigenvalue weighted by molar-refractivity contribution is 1.17.